The predicted octanol–water partition coefficient (Wildman–Crippen LogP) is 4.46. The number of nitrogens with two attached hydrogens (primary N) is 1. The first-order valence-corrected chi connectivity index (χ1v) is 7.75. The highest BCUT2D eigenvalue weighted by atomic mass is 79.9. The monoisotopic (exact) mass is 344 g/mol. The molecule has 0 saturated heterocycles. The van der Waals surface area contributed by atoms with Gasteiger partial charge in [-0.3, -0.25) is 0 Å². The normalized spacial score (nSPS) is 10.9. The number of ether oxygens (including phenoxy) is 1. The van der Waals surface area contributed by atoms with Gasteiger partial charge in [0.2, 0.25) is 0 Å². The molecule has 0 saturated carbocycles. The standard InChI is InChI=1S/C17H17BrN2O/c18-16-12-20(17-8-2-1-7-15(16)17)9-4-10-21-14-6-3-5-13(19)11-14/h1-3,5-8,11-12H,4,9-10,19H2. The van der Waals surface area contributed by atoms with E-state index in [0.717, 1.165) is 28.9 Å². The number of rotatable bonds is 5. The highest BCUT2D eigenvalue weighted by Crippen LogP contribution is 2.26. The van der Waals surface area contributed by atoms with E-state index in [2.05, 4.69) is 51.0 Å². The lowest BCUT2D eigenvalue weighted by molar-refractivity contribution is 0.303. The van der Waals surface area contributed by atoms with Crippen molar-refractivity contribution in [2.45, 2.75) is 13.0 Å². The quantitative estimate of drug-likeness (QED) is 0.548. The molecule has 0 fully saturated rings. The third-order valence-corrected chi connectivity index (χ3v) is 4.04. The van der Waals surface area contributed by atoms with Crippen LogP contribution in [0.5, 0.6) is 5.75 Å². The zero-order chi connectivity index (χ0) is 14.7. The fourth-order valence-corrected chi connectivity index (χ4v) is 3.00. The molecule has 2 N–H and O–H groups in total. The van der Waals surface area contributed by atoms with Crippen LogP contribution in [-0.2, 0) is 6.54 Å². The Kier molecular flexibility index (Phi) is 4.15. The summed E-state index contributed by atoms with van der Waals surface area (Å²) in [6.45, 7) is 1.60. The minimum Gasteiger partial charge on any atom is -0.493 e. The molecule has 0 atom stereocenters. The van der Waals surface area contributed by atoms with Crippen molar-refractivity contribution in [2.75, 3.05) is 12.3 Å². The summed E-state index contributed by atoms with van der Waals surface area (Å²) < 4.78 is 9.11. The molecule has 0 aliphatic heterocycles. The molecule has 0 aliphatic rings. The lowest BCUT2D eigenvalue weighted by Crippen LogP contribution is -2.03. The smallest absolute Gasteiger partial charge is 0.121 e. The summed E-state index contributed by atoms with van der Waals surface area (Å²) in [5.41, 5.74) is 7.70. The summed E-state index contributed by atoms with van der Waals surface area (Å²) in [5.74, 6) is 0.827. The van der Waals surface area contributed by atoms with Crippen molar-refractivity contribution in [2.24, 2.45) is 0 Å². The van der Waals surface area contributed by atoms with E-state index in [9.17, 15) is 0 Å². The molecule has 0 amide bonds. The average Bonchev–Trinajstić information content (AvgIpc) is 2.81. The molecule has 0 bridgehead atoms. The molecule has 0 spiro atoms. The van der Waals surface area contributed by atoms with Crippen LogP contribution in [0.2, 0.25) is 0 Å². The second kappa shape index (κ2) is 6.22. The molecule has 0 aliphatic carbocycles. The zero-order valence-corrected chi connectivity index (χ0v) is 13.2. The van der Waals surface area contributed by atoms with Crippen molar-refractivity contribution in [3.05, 3.63) is 59.2 Å². The molecule has 3 aromatic rings. The van der Waals surface area contributed by atoms with Crippen LogP contribution in [0, 0.1) is 0 Å². The lowest BCUT2D eigenvalue weighted by atomic mass is 10.2. The first kappa shape index (κ1) is 14.0. The second-order valence-corrected chi connectivity index (χ2v) is 5.82. The van der Waals surface area contributed by atoms with Gasteiger partial charge in [-0.05, 0) is 40.5 Å². The topological polar surface area (TPSA) is 40.2 Å². The van der Waals surface area contributed by atoms with Gasteiger partial charge >= 0.3 is 0 Å². The fourth-order valence-electron chi connectivity index (χ4n) is 2.42. The van der Waals surface area contributed by atoms with Gasteiger partial charge in [0.25, 0.3) is 0 Å². The maximum atomic E-state index is 5.73. The van der Waals surface area contributed by atoms with Gasteiger partial charge in [-0.1, -0.05) is 24.3 Å². The van der Waals surface area contributed by atoms with Crippen LogP contribution in [0.15, 0.2) is 59.2 Å². The number of aryl methyl sites for hydroxylation is 1. The number of anilines is 1. The molecule has 1 aromatic heterocycles. The number of para-hydroxylation sites is 1. The van der Waals surface area contributed by atoms with E-state index in [1.807, 2.05) is 24.3 Å². The number of hydrogen-bond donors (Lipinski definition) is 1. The van der Waals surface area contributed by atoms with Crippen LogP contribution in [0.25, 0.3) is 10.9 Å². The Labute approximate surface area is 132 Å². The van der Waals surface area contributed by atoms with Gasteiger partial charge in [-0.2, -0.15) is 0 Å². The van der Waals surface area contributed by atoms with Gasteiger partial charge in [0.05, 0.1) is 6.61 Å². The van der Waals surface area contributed by atoms with Crippen LogP contribution in [0.4, 0.5) is 5.69 Å². The van der Waals surface area contributed by atoms with E-state index in [1.54, 1.807) is 0 Å². The van der Waals surface area contributed by atoms with Crippen LogP contribution >= 0.6 is 15.9 Å². The third kappa shape index (κ3) is 3.22. The van der Waals surface area contributed by atoms with Gasteiger partial charge in [-0.25, -0.2) is 0 Å². The van der Waals surface area contributed by atoms with Crippen molar-refractivity contribution in [1.82, 2.24) is 4.57 Å². The molecule has 3 rings (SSSR count). The van der Waals surface area contributed by atoms with Gasteiger partial charge in [0, 0.05) is 39.9 Å². The van der Waals surface area contributed by atoms with Crippen molar-refractivity contribution in [3.63, 3.8) is 0 Å². The maximum Gasteiger partial charge on any atom is 0.121 e. The maximum absolute atomic E-state index is 5.73. The van der Waals surface area contributed by atoms with E-state index >= 15 is 0 Å². The number of hydrogen-bond acceptors (Lipinski definition) is 2. The van der Waals surface area contributed by atoms with Crippen LogP contribution < -0.4 is 10.5 Å². The molecule has 108 valence electrons. The Morgan fingerprint density at radius 3 is 2.81 bits per heavy atom. The van der Waals surface area contributed by atoms with Crippen molar-refractivity contribution < 1.29 is 4.74 Å². The predicted molar refractivity (Wildman–Crippen MR) is 90.6 cm³/mol. The number of nitrogen functional groups attached to an aromatic ring is 1. The molecule has 21 heavy (non-hydrogen) atoms. The molecule has 4 heteroatoms. The van der Waals surface area contributed by atoms with E-state index in [0.29, 0.717) is 6.61 Å². The molecular formula is C17H17BrN2O. The summed E-state index contributed by atoms with van der Waals surface area (Å²) in [7, 11) is 0. The first-order valence-electron chi connectivity index (χ1n) is 6.96. The molecule has 1 heterocycles. The Balaban J connectivity index is 1.60. The first-order chi connectivity index (χ1) is 10.2. The second-order valence-electron chi connectivity index (χ2n) is 4.96. The van der Waals surface area contributed by atoms with Gasteiger partial charge < -0.3 is 15.0 Å². The van der Waals surface area contributed by atoms with Gasteiger partial charge in [-0.15, -0.1) is 0 Å². The summed E-state index contributed by atoms with van der Waals surface area (Å²) in [6.07, 6.45) is 3.07. The van der Waals surface area contributed by atoms with E-state index in [1.165, 1.54) is 10.9 Å². The minimum atomic E-state index is 0.674. The van der Waals surface area contributed by atoms with Crippen LogP contribution in [0.1, 0.15) is 6.42 Å². The zero-order valence-electron chi connectivity index (χ0n) is 11.6. The highest BCUT2D eigenvalue weighted by molar-refractivity contribution is 9.10. The highest BCUT2D eigenvalue weighted by Gasteiger charge is 2.05. The number of benzene rings is 2. The Morgan fingerprint density at radius 2 is 1.95 bits per heavy atom. The SMILES string of the molecule is Nc1cccc(OCCCn2cc(Br)c3ccccc32)c1. The third-order valence-electron chi connectivity index (χ3n) is 3.41. The Bertz CT molecular complexity index is 751. The largest absolute Gasteiger partial charge is 0.493 e. The summed E-state index contributed by atoms with van der Waals surface area (Å²) in [4.78, 5) is 0. The average molecular weight is 345 g/mol. The molecular weight excluding hydrogens is 328 g/mol. The number of aromatic nitrogens is 1. The van der Waals surface area contributed by atoms with E-state index in [-0.39, 0.29) is 0 Å². The summed E-state index contributed by atoms with van der Waals surface area (Å²) >= 11 is 3.61. The number of nitrogens with zero attached hydrogens (tertiary/aromatic N) is 1. The van der Waals surface area contributed by atoms with Crippen molar-refractivity contribution in [1.29, 1.82) is 0 Å². The fraction of sp³-hybridized carbons (Fsp3) is 0.176. The summed E-state index contributed by atoms with van der Waals surface area (Å²) in [6, 6.07) is 15.9. The lowest BCUT2D eigenvalue weighted by Gasteiger charge is -2.08. The van der Waals surface area contributed by atoms with E-state index < -0.39 is 0 Å². The minimum absolute atomic E-state index is 0.674. The van der Waals surface area contributed by atoms with Crippen molar-refractivity contribution in [3.8, 4) is 5.75 Å². The molecule has 3 nitrogen and oxygen atoms in total. The Morgan fingerprint density at radius 1 is 1.10 bits per heavy atom. The molecule has 2 aromatic carbocycles. The Hall–Kier alpha value is -1.94. The van der Waals surface area contributed by atoms with E-state index in [4.69, 9.17) is 10.5 Å². The molecule has 0 unspecified atom stereocenters. The number of fused-ring (bicyclic) bond motifs is 1. The number of halogens is 1. The summed E-state index contributed by atoms with van der Waals surface area (Å²) in [5, 5.41) is 1.24. The van der Waals surface area contributed by atoms with Crippen LogP contribution in [0.3, 0.4) is 0 Å². The molecule has 0 radical (unpaired) electrons. The van der Waals surface area contributed by atoms with Crippen LogP contribution in [-0.4, -0.2) is 11.2 Å². The van der Waals surface area contributed by atoms with Crippen molar-refractivity contribution >= 4 is 32.5 Å². The van der Waals surface area contributed by atoms with Gasteiger partial charge in [0.15, 0.2) is 0 Å². The van der Waals surface area contributed by atoms with Gasteiger partial charge in [0.1, 0.15) is 5.75 Å².